The summed E-state index contributed by atoms with van der Waals surface area (Å²) in [6.45, 7) is 1.69. The summed E-state index contributed by atoms with van der Waals surface area (Å²) in [4.78, 5) is 9.73. The quantitative estimate of drug-likeness (QED) is 0.492. The van der Waals surface area contributed by atoms with Crippen molar-refractivity contribution in [2.45, 2.75) is 12.8 Å². The molecular weight excluding hydrogens is 146 g/mol. The van der Waals surface area contributed by atoms with E-state index in [1.165, 1.54) is 6.26 Å². The Kier molecular flexibility index (Phi) is 2.25. The maximum absolute atomic E-state index is 10.1. The third-order valence-corrected chi connectivity index (χ3v) is 1.45. The van der Waals surface area contributed by atoms with Gasteiger partial charge in [-0.3, -0.25) is 10.1 Å². The van der Waals surface area contributed by atoms with Crippen LogP contribution in [0.4, 0.5) is 0 Å². The molecule has 1 aromatic rings. The molecule has 1 aromatic heterocycles. The predicted octanol–water partition coefficient (Wildman–Crippen LogP) is 1.66. The zero-order valence-corrected chi connectivity index (χ0v) is 6.19. The SMILES string of the molecule is CC(C[N+](=O)[O-])c1ccco1. The summed E-state index contributed by atoms with van der Waals surface area (Å²) in [5.74, 6) is 0.529. The topological polar surface area (TPSA) is 56.3 Å². The molecule has 0 saturated heterocycles. The van der Waals surface area contributed by atoms with Crippen molar-refractivity contribution in [2.75, 3.05) is 6.54 Å². The van der Waals surface area contributed by atoms with Gasteiger partial charge in [-0.1, -0.05) is 0 Å². The zero-order chi connectivity index (χ0) is 8.27. The molecule has 1 atom stereocenters. The molecule has 0 aliphatic carbocycles. The van der Waals surface area contributed by atoms with Crippen LogP contribution >= 0.6 is 0 Å². The van der Waals surface area contributed by atoms with Crippen LogP contribution in [0.2, 0.25) is 0 Å². The van der Waals surface area contributed by atoms with Crippen LogP contribution in [0.3, 0.4) is 0 Å². The molecule has 1 heterocycles. The molecule has 1 rings (SSSR count). The van der Waals surface area contributed by atoms with E-state index in [-0.39, 0.29) is 17.4 Å². The van der Waals surface area contributed by atoms with Crippen molar-refractivity contribution in [3.05, 3.63) is 34.3 Å². The van der Waals surface area contributed by atoms with E-state index in [0.717, 1.165) is 0 Å². The summed E-state index contributed by atoms with van der Waals surface area (Å²) in [5.41, 5.74) is 0. The molecule has 60 valence electrons. The maximum atomic E-state index is 10.1. The fraction of sp³-hybridized carbons (Fsp3) is 0.429. The van der Waals surface area contributed by atoms with Gasteiger partial charge in [-0.15, -0.1) is 0 Å². The summed E-state index contributed by atoms with van der Waals surface area (Å²) in [6, 6.07) is 3.47. The van der Waals surface area contributed by atoms with Crippen LogP contribution in [0.1, 0.15) is 18.6 Å². The number of nitrogens with zero attached hydrogens (tertiary/aromatic N) is 1. The Hall–Kier alpha value is -1.32. The van der Waals surface area contributed by atoms with Crippen molar-refractivity contribution in [1.29, 1.82) is 0 Å². The Morgan fingerprint density at radius 2 is 2.55 bits per heavy atom. The smallest absolute Gasteiger partial charge is 0.213 e. The molecule has 4 nitrogen and oxygen atoms in total. The van der Waals surface area contributed by atoms with Crippen molar-refractivity contribution in [3.8, 4) is 0 Å². The minimum atomic E-state index is -0.340. The van der Waals surface area contributed by atoms with Gasteiger partial charge in [0.25, 0.3) is 0 Å². The normalized spacial score (nSPS) is 12.8. The highest BCUT2D eigenvalue weighted by Crippen LogP contribution is 2.14. The van der Waals surface area contributed by atoms with Gasteiger partial charge in [0.05, 0.1) is 12.2 Å². The Bertz CT molecular complexity index is 230. The van der Waals surface area contributed by atoms with E-state index in [1.807, 2.05) is 0 Å². The van der Waals surface area contributed by atoms with Gasteiger partial charge in [0, 0.05) is 4.92 Å². The molecule has 0 N–H and O–H groups in total. The van der Waals surface area contributed by atoms with E-state index in [9.17, 15) is 10.1 Å². The summed E-state index contributed by atoms with van der Waals surface area (Å²) >= 11 is 0. The molecule has 0 aromatic carbocycles. The molecule has 0 spiro atoms. The van der Waals surface area contributed by atoms with Gasteiger partial charge in [-0.25, -0.2) is 0 Å². The van der Waals surface area contributed by atoms with Crippen LogP contribution < -0.4 is 0 Å². The van der Waals surface area contributed by atoms with E-state index < -0.39 is 0 Å². The van der Waals surface area contributed by atoms with Crippen LogP contribution in [0.5, 0.6) is 0 Å². The first-order valence-electron chi connectivity index (χ1n) is 3.35. The van der Waals surface area contributed by atoms with Crippen LogP contribution in [-0.2, 0) is 0 Å². The fourth-order valence-corrected chi connectivity index (χ4v) is 0.885. The molecule has 0 bridgehead atoms. The Balaban J connectivity index is 2.56. The average molecular weight is 155 g/mol. The molecule has 1 unspecified atom stereocenters. The number of hydrogen-bond donors (Lipinski definition) is 0. The molecule has 0 radical (unpaired) electrons. The van der Waals surface area contributed by atoms with Gasteiger partial charge in [0.1, 0.15) is 5.76 Å². The van der Waals surface area contributed by atoms with Crippen molar-refractivity contribution in [3.63, 3.8) is 0 Å². The number of furan rings is 1. The van der Waals surface area contributed by atoms with Crippen LogP contribution in [0.25, 0.3) is 0 Å². The summed E-state index contributed by atoms with van der Waals surface area (Å²) < 4.78 is 4.99. The van der Waals surface area contributed by atoms with Crippen molar-refractivity contribution >= 4 is 0 Å². The Morgan fingerprint density at radius 3 is 3.00 bits per heavy atom. The van der Waals surface area contributed by atoms with E-state index >= 15 is 0 Å². The number of hydrogen-bond acceptors (Lipinski definition) is 3. The Labute approximate surface area is 64.0 Å². The molecule has 4 heteroatoms. The average Bonchev–Trinajstić information content (AvgIpc) is 2.35. The van der Waals surface area contributed by atoms with Crippen molar-refractivity contribution < 1.29 is 9.34 Å². The fourth-order valence-electron chi connectivity index (χ4n) is 0.885. The van der Waals surface area contributed by atoms with Crippen LogP contribution in [-0.4, -0.2) is 11.5 Å². The largest absolute Gasteiger partial charge is 0.469 e. The molecule has 0 fully saturated rings. The van der Waals surface area contributed by atoms with E-state index in [1.54, 1.807) is 19.1 Å². The second-order valence-electron chi connectivity index (χ2n) is 2.43. The van der Waals surface area contributed by atoms with Gasteiger partial charge < -0.3 is 4.42 Å². The van der Waals surface area contributed by atoms with Gasteiger partial charge in [-0.05, 0) is 19.1 Å². The second-order valence-corrected chi connectivity index (χ2v) is 2.43. The first-order chi connectivity index (χ1) is 5.20. The lowest BCUT2D eigenvalue weighted by molar-refractivity contribution is -0.483. The number of rotatable bonds is 3. The molecular formula is C7H9NO3. The van der Waals surface area contributed by atoms with Crippen LogP contribution in [0, 0.1) is 10.1 Å². The first kappa shape index (κ1) is 7.78. The highest BCUT2D eigenvalue weighted by atomic mass is 16.6. The van der Waals surface area contributed by atoms with E-state index in [0.29, 0.717) is 5.76 Å². The van der Waals surface area contributed by atoms with Gasteiger partial charge in [0.15, 0.2) is 0 Å². The highest BCUT2D eigenvalue weighted by Gasteiger charge is 2.13. The minimum absolute atomic E-state index is 0.0759. The maximum Gasteiger partial charge on any atom is 0.213 e. The van der Waals surface area contributed by atoms with Gasteiger partial charge >= 0.3 is 0 Å². The van der Waals surface area contributed by atoms with Crippen LogP contribution in [0.15, 0.2) is 22.8 Å². The molecule has 0 aliphatic heterocycles. The lowest BCUT2D eigenvalue weighted by Crippen LogP contribution is -2.08. The summed E-state index contributed by atoms with van der Waals surface area (Å²) in [7, 11) is 0. The molecule has 0 amide bonds. The van der Waals surface area contributed by atoms with Gasteiger partial charge in [-0.2, -0.15) is 0 Å². The summed E-state index contributed by atoms with van der Waals surface area (Å²) in [5, 5.41) is 10.1. The minimum Gasteiger partial charge on any atom is -0.469 e. The third kappa shape index (κ3) is 2.07. The Morgan fingerprint density at radius 1 is 1.82 bits per heavy atom. The van der Waals surface area contributed by atoms with Gasteiger partial charge in [0.2, 0.25) is 6.54 Å². The summed E-state index contributed by atoms with van der Waals surface area (Å²) in [6.07, 6.45) is 1.52. The zero-order valence-electron chi connectivity index (χ0n) is 6.19. The lowest BCUT2D eigenvalue weighted by atomic mass is 10.1. The van der Waals surface area contributed by atoms with E-state index in [4.69, 9.17) is 4.42 Å². The van der Waals surface area contributed by atoms with Crippen molar-refractivity contribution in [2.24, 2.45) is 0 Å². The molecule has 0 aliphatic rings. The third-order valence-electron chi connectivity index (χ3n) is 1.45. The first-order valence-corrected chi connectivity index (χ1v) is 3.35. The molecule has 0 saturated carbocycles. The number of nitro groups is 1. The lowest BCUT2D eigenvalue weighted by Gasteiger charge is -2.00. The van der Waals surface area contributed by atoms with Crippen molar-refractivity contribution in [1.82, 2.24) is 0 Å². The molecule has 11 heavy (non-hydrogen) atoms. The predicted molar refractivity (Wildman–Crippen MR) is 39.0 cm³/mol. The van der Waals surface area contributed by atoms with E-state index in [2.05, 4.69) is 0 Å². The standard InChI is InChI=1S/C7H9NO3/c1-6(5-8(9)10)7-3-2-4-11-7/h2-4,6H,5H2,1H3. The monoisotopic (exact) mass is 155 g/mol. The highest BCUT2D eigenvalue weighted by molar-refractivity contribution is 5.03. The second kappa shape index (κ2) is 3.18.